The first-order chi connectivity index (χ1) is 10.5. The van der Waals surface area contributed by atoms with Crippen LogP contribution in [0.4, 0.5) is 0 Å². The Morgan fingerprint density at radius 3 is 2.30 bits per heavy atom. The van der Waals surface area contributed by atoms with Crippen LogP contribution in [0.5, 0.6) is 6.01 Å². The molecular weight excluding hydrogens is 292 g/mol. The van der Waals surface area contributed by atoms with Crippen LogP contribution in [0.2, 0.25) is 0 Å². The molecule has 2 heterocycles. The van der Waals surface area contributed by atoms with Crippen LogP contribution in [-0.2, 0) is 12.0 Å². The summed E-state index contributed by atoms with van der Waals surface area (Å²) in [7, 11) is 1.51. The third-order valence-corrected chi connectivity index (χ3v) is 3.64. The molecule has 0 fully saturated rings. The standard InChI is InChI=1S/C17H26N4O2/c1-16(2,3)8-9-21-13-11(10-18-15(20-13)23-7)19-12(14(21)22)17(4,5)6/h10H,8-9H2,1-7H3. The highest BCUT2D eigenvalue weighted by Gasteiger charge is 2.24. The minimum Gasteiger partial charge on any atom is -0.467 e. The highest BCUT2D eigenvalue weighted by atomic mass is 16.5. The summed E-state index contributed by atoms with van der Waals surface area (Å²) in [6.07, 6.45) is 2.48. The van der Waals surface area contributed by atoms with Crippen LogP contribution in [0.25, 0.3) is 11.2 Å². The normalized spacial score (nSPS) is 12.7. The van der Waals surface area contributed by atoms with Crippen LogP contribution < -0.4 is 10.3 Å². The van der Waals surface area contributed by atoms with Gasteiger partial charge in [0.25, 0.3) is 5.56 Å². The summed E-state index contributed by atoms with van der Waals surface area (Å²) in [6, 6.07) is 0.242. The molecule has 0 atom stereocenters. The first-order valence-electron chi connectivity index (χ1n) is 7.85. The van der Waals surface area contributed by atoms with Gasteiger partial charge in [0.1, 0.15) is 11.2 Å². The van der Waals surface area contributed by atoms with E-state index in [2.05, 4.69) is 35.7 Å². The van der Waals surface area contributed by atoms with Gasteiger partial charge in [0.15, 0.2) is 5.65 Å². The highest BCUT2D eigenvalue weighted by Crippen LogP contribution is 2.23. The van der Waals surface area contributed by atoms with Gasteiger partial charge in [0, 0.05) is 12.0 Å². The lowest BCUT2D eigenvalue weighted by Gasteiger charge is -2.22. The number of hydrogen-bond acceptors (Lipinski definition) is 5. The van der Waals surface area contributed by atoms with Crippen molar-refractivity contribution in [1.29, 1.82) is 0 Å². The minimum absolute atomic E-state index is 0.0880. The van der Waals surface area contributed by atoms with E-state index in [0.29, 0.717) is 23.4 Å². The number of methoxy groups -OCH3 is 1. The van der Waals surface area contributed by atoms with Crippen molar-refractivity contribution < 1.29 is 4.74 Å². The van der Waals surface area contributed by atoms with Gasteiger partial charge in [-0.1, -0.05) is 41.5 Å². The largest absolute Gasteiger partial charge is 0.467 e. The summed E-state index contributed by atoms with van der Waals surface area (Å²) in [5.41, 5.74) is 1.37. The summed E-state index contributed by atoms with van der Waals surface area (Å²) in [5, 5.41) is 0. The second kappa shape index (κ2) is 5.91. The average molecular weight is 318 g/mol. The maximum Gasteiger partial charge on any atom is 0.318 e. The first kappa shape index (κ1) is 17.4. The second-order valence-corrected chi connectivity index (χ2v) is 8.04. The molecule has 23 heavy (non-hydrogen) atoms. The van der Waals surface area contributed by atoms with Crippen LogP contribution in [0.3, 0.4) is 0 Å². The van der Waals surface area contributed by atoms with Gasteiger partial charge < -0.3 is 4.74 Å². The predicted octanol–water partition coefficient (Wildman–Crippen LogP) is 2.93. The fraction of sp³-hybridized carbons (Fsp3) is 0.647. The van der Waals surface area contributed by atoms with E-state index in [0.717, 1.165) is 6.42 Å². The van der Waals surface area contributed by atoms with E-state index in [-0.39, 0.29) is 22.4 Å². The lowest BCUT2D eigenvalue weighted by Crippen LogP contribution is -2.33. The van der Waals surface area contributed by atoms with Gasteiger partial charge in [-0.25, -0.2) is 9.97 Å². The molecule has 0 radical (unpaired) electrons. The first-order valence-corrected chi connectivity index (χ1v) is 7.85. The van der Waals surface area contributed by atoms with Crippen LogP contribution in [-0.4, -0.2) is 26.6 Å². The Bertz CT molecular complexity index is 767. The number of aromatic nitrogens is 4. The Kier molecular flexibility index (Phi) is 4.46. The molecule has 0 amide bonds. The molecular formula is C17H26N4O2. The summed E-state index contributed by atoms with van der Waals surface area (Å²) in [5.74, 6) is 0. The van der Waals surface area contributed by atoms with Crippen molar-refractivity contribution >= 4 is 11.2 Å². The fourth-order valence-corrected chi connectivity index (χ4v) is 2.26. The summed E-state index contributed by atoms with van der Waals surface area (Å²) in [6.45, 7) is 13.0. The van der Waals surface area contributed by atoms with Crippen molar-refractivity contribution in [3.8, 4) is 6.01 Å². The molecule has 0 bridgehead atoms. The lowest BCUT2D eigenvalue weighted by atomic mass is 9.91. The van der Waals surface area contributed by atoms with Crippen molar-refractivity contribution in [3.05, 3.63) is 22.2 Å². The SMILES string of the molecule is COc1ncc2nc(C(C)(C)C)c(=O)n(CCC(C)(C)C)c2n1. The lowest BCUT2D eigenvalue weighted by molar-refractivity contribution is 0.347. The number of ether oxygens (including phenoxy) is 1. The van der Waals surface area contributed by atoms with E-state index in [1.165, 1.54) is 7.11 Å². The number of aryl methyl sites for hydroxylation is 1. The van der Waals surface area contributed by atoms with Gasteiger partial charge in [0.2, 0.25) is 0 Å². The molecule has 0 spiro atoms. The van der Waals surface area contributed by atoms with E-state index in [1.807, 2.05) is 20.8 Å². The molecule has 6 heteroatoms. The topological polar surface area (TPSA) is 69.9 Å². The van der Waals surface area contributed by atoms with Crippen molar-refractivity contribution in [2.45, 2.75) is 59.9 Å². The molecule has 0 N–H and O–H groups in total. The van der Waals surface area contributed by atoms with Crippen LogP contribution in [0, 0.1) is 5.41 Å². The minimum atomic E-state index is -0.339. The van der Waals surface area contributed by atoms with Gasteiger partial charge in [-0.05, 0) is 11.8 Å². The number of hydrogen-bond donors (Lipinski definition) is 0. The summed E-state index contributed by atoms with van der Waals surface area (Å²) in [4.78, 5) is 25.9. The van der Waals surface area contributed by atoms with Gasteiger partial charge in [0.05, 0.1) is 13.3 Å². The van der Waals surface area contributed by atoms with Gasteiger partial charge in [-0.2, -0.15) is 4.98 Å². The smallest absolute Gasteiger partial charge is 0.318 e. The van der Waals surface area contributed by atoms with Crippen LogP contribution in [0.1, 0.15) is 53.7 Å². The quantitative estimate of drug-likeness (QED) is 0.870. The molecule has 0 aliphatic carbocycles. The van der Waals surface area contributed by atoms with Gasteiger partial charge in [-0.3, -0.25) is 9.36 Å². The molecule has 6 nitrogen and oxygen atoms in total. The molecule has 126 valence electrons. The number of nitrogens with zero attached hydrogens (tertiary/aromatic N) is 4. The van der Waals surface area contributed by atoms with E-state index in [4.69, 9.17) is 4.74 Å². The molecule has 0 aromatic carbocycles. The van der Waals surface area contributed by atoms with E-state index in [1.54, 1.807) is 10.8 Å². The Balaban J connectivity index is 2.71. The third-order valence-electron chi connectivity index (χ3n) is 3.64. The Morgan fingerprint density at radius 1 is 1.13 bits per heavy atom. The second-order valence-electron chi connectivity index (χ2n) is 8.04. The molecule has 0 saturated carbocycles. The van der Waals surface area contributed by atoms with Crippen LogP contribution in [0.15, 0.2) is 11.0 Å². The van der Waals surface area contributed by atoms with Crippen LogP contribution >= 0.6 is 0 Å². The molecule has 0 aliphatic heterocycles. The monoisotopic (exact) mass is 318 g/mol. The molecule has 2 aromatic heterocycles. The third kappa shape index (κ3) is 3.86. The molecule has 0 aliphatic rings. The molecule has 0 unspecified atom stereocenters. The van der Waals surface area contributed by atoms with Gasteiger partial charge >= 0.3 is 6.01 Å². The van der Waals surface area contributed by atoms with E-state index >= 15 is 0 Å². The van der Waals surface area contributed by atoms with Crippen molar-refractivity contribution in [3.63, 3.8) is 0 Å². The van der Waals surface area contributed by atoms with E-state index in [9.17, 15) is 4.79 Å². The zero-order valence-corrected chi connectivity index (χ0v) is 15.1. The van der Waals surface area contributed by atoms with Crippen molar-refractivity contribution in [2.24, 2.45) is 5.41 Å². The summed E-state index contributed by atoms with van der Waals surface area (Å²) >= 11 is 0. The maximum atomic E-state index is 12.9. The molecule has 2 aromatic rings. The van der Waals surface area contributed by atoms with Crippen molar-refractivity contribution in [1.82, 2.24) is 19.5 Å². The van der Waals surface area contributed by atoms with E-state index < -0.39 is 0 Å². The Hall–Kier alpha value is -1.98. The molecule has 2 rings (SSSR count). The number of fused-ring (bicyclic) bond motifs is 1. The maximum absolute atomic E-state index is 12.9. The Labute approximate surface area is 136 Å². The zero-order valence-electron chi connectivity index (χ0n) is 15.1. The number of rotatable bonds is 3. The Morgan fingerprint density at radius 2 is 1.78 bits per heavy atom. The van der Waals surface area contributed by atoms with Crippen molar-refractivity contribution in [2.75, 3.05) is 7.11 Å². The fourth-order valence-electron chi connectivity index (χ4n) is 2.26. The zero-order chi connectivity index (χ0) is 17.4. The van der Waals surface area contributed by atoms with Gasteiger partial charge in [-0.15, -0.1) is 0 Å². The highest BCUT2D eigenvalue weighted by molar-refractivity contribution is 5.69. The summed E-state index contributed by atoms with van der Waals surface area (Å²) < 4.78 is 6.80. The molecule has 0 saturated heterocycles. The average Bonchev–Trinajstić information content (AvgIpc) is 2.42. The predicted molar refractivity (Wildman–Crippen MR) is 90.9 cm³/mol.